The van der Waals surface area contributed by atoms with E-state index in [1.54, 1.807) is 19.9 Å². The van der Waals surface area contributed by atoms with Gasteiger partial charge in [0.2, 0.25) is 0 Å². The van der Waals surface area contributed by atoms with Crippen LogP contribution in [0.3, 0.4) is 0 Å². The second kappa shape index (κ2) is 3.92. The van der Waals surface area contributed by atoms with Gasteiger partial charge in [-0.15, -0.1) is 0 Å². The van der Waals surface area contributed by atoms with Gasteiger partial charge in [-0.2, -0.15) is 13.2 Å². The van der Waals surface area contributed by atoms with Gasteiger partial charge in [-0.1, -0.05) is 12.1 Å². The Balaban J connectivity index is 3.34. The minimum absolute atomic E-state index is 0.165. The first kappa shape index (κ1) is 12.7. The standard InChI is InChI=1S/C12H13F3O/c1-8-4-5-9(11(2,3)7-16)6-10(8)12(13,14)15/h4-7H,1-3H3. The highest BCUT2D eigenvalue weighted by atomic mass is 19.4. The molecule has 0 aliphatic heterocycles. The molecule has 0 fully saturated rings. The van der Waals surface area contributed by atoms with Crippen LogP contribution in [0.5, 0.6) is 0 Å². The summed E-state index contributed by atoms with van der Waals surface area (Å²) in [7, 11) is 0. The predicted molar refractivity (Wildman–Crippen MR) is 55.3 cm³/mol. The lowest BCUT2D eigenvalue weighted by molar-refractivity contribution is -0.138. The van der Waals surface area contributed by atoms with Crippen LogP contribution in [0.4, 0.5) is 13.2 Å². The Bertz CT molecular complexity index is 405. The third-order valence-corrected chi connectivity index (χ3v) is 2.58. The van der Waals surface area contributed by atoms with E-state index in [9.17, 15) is 18.0 Å². The summed E-state index contributed by atoms with van der Waals surface area (Å²) in [5.41, 5.74) is -1.04. The average Bonchev–Trinajstić information content (AvgIpc) is 2.16. The molecular weight excluding hydrogens is 217 g/mol. The first-order valence-corrected chi connectivity index (χ1v) is 4.83. The molecule has 0 bridgehead atoms. The zero-order valence-corrected chi connectivity index (χ0v) is 9.35. The van der Waals surface area contributed by atoms with Gasteiger partial charge in [0, 0.05) is 5.41 Å². The maximum Gasteiger partial charge on any atom is 0.416 e. The van der Waals surface area contributed by atoms with Gasteiger partial charge in [-0.3, -0.25) is 0 Å². The SMILES string of the molecule is Cc1ccc(C(C)(C)C=O)cc1C(F)(F)F. The van der Waals surface area contributed by atoms with Crippen molar-refractivity contribution in [3.63, 3.8) is 0 Å². The van der Waals surface area contributed by atoms with Crippen LogP contribution in [-0.2, 0) is 16.4 Å². The molecule has 0 saturated heterocycles. The summed E-state index contributed by atoms with van der Waals surface area (Å²) in [6, 6.07) is 3.99. The number of halogens is 3. The molecule has 0 atom stereocenters. The third-order valence-electron chi connectivity index (χ3n) is 2.58. The van der Waals surface area contributed by atoms with Crippen LogP contribution in [0.2, 0.25) is 0 Å². The molecule has 0 N–H and O–H groups in total. The van der Waals surface area contributed by atoms with Gasteiger partial charge in [-0.05, 0) is 38.0 Å². The molecule has 0 unspecified atom stereocenters. The first-order valence-electron chi connectivity index (χ1n) is 4.83. The van der Waals surface area contributed by atoms with Crippen LogP contribution in [0.15, 0.2) is 18.2 Å². The summed E-state index contributed by atoms with van der Waals surface area (Å²) in [5, 5.41) is 0. The van der Waals surface area contributed by atoms with Gasteiger partial charge < -0.3 is 4.79 Å². The summed E-state index contributed by atoms with van der Waals surface area (Å²) in [6.07, 6.45) is -3.73. The van der Waals surface area contributed by atoms with Gasteiger partial charge in [0.1, 0.15) is 6.29 Å². The maximum atomic E-state index is 12.6. The molecule has 0 aliphatic rings. The highest BCUT2D eigenvalue weighted by Crippen LogP contribution is 2.34. The second-order valence-corrected chi connectivity index (χ2v) is 4.37. The molecule has 4 heteroatoms. The molecule has 0 saturated carbocycles. The van der Waals surface area contributed by atoms with Crippen LogP contribution in [-0.4, -0.2) is 6.29 Å². The minimum Gasteiger partial charge on any atom is -0.302 e. The van der Waals surface area contributed by atoms with E-state index in [4.69, 9.17) is 0 Å². The van der Waals surface area contributed by atoms with Crippen molar-refractivity contribution in [2.45, 2.75) is 32.4 Å². The van der Waals surface area contributed by atoms with E-state index in [2.05, 4.69) is 0 Å². The predicted octanol–water partition coefficient (Wildman–Crippen LogP) is 3.49. The molecule has 0 amide bonds. The fourth-order valence-corrected chi connectivity index (χ4v) is 1.40. The van der Waals surface area contributed by atoms with Crippen molar-refractivity contribution in [2.75, 3.05) is 0 Å². The van der Waals surface area contributed by atoms with Crippen molar-refractivity contribution >= 4 is 6.29 Å². The van der Waals surface area contributed by atoms with E-state index in [0.717, 1.165) is 6.07 Å². The number of alkyl halides is 3. The fraction of sp³-hybridized carbons (Fsp3) is 0.417. The molecule has 16 heavy (non-hydrogen) atoms. The average molecular weight is 230 g/mol. The monoisotopic (exact) mass is 230 g/mol. The van der Waals surface area contributed by atoms with Crippen molar-refractivity contribution in [1.82, 2.24) is 0 Å². The summed E-state index contributed by atoms with van der Waals surface area (Å²) >= 11 is 0. The first-order chi connectivity index (χ1) is 7.18. The Morgan fingerprint density at radius 1 is 1.19 bits per heavy atom. The summed E-state index contributed by atoms with van der Waals surface area (Å²) in [4.78, 5) is 10.8. The van der Waals surface area contributed by atoms with Gasteiger partial charge in [0.25, 0.3) is 0 Å². The Hall–Kier alpha value is -1.32. The Kier molecular flexibility index (Phi) is 3.13. The molecule has 88 valence electrons. The fourth-order valence-electron chi connectivity index (χ4n) is 1.40. The lowest BCUT2D eigenvalue weighted by Gasteiger charge is -2.20. The lowest BCUT2D eigenvalue weighted by Crippen LogP contribution is -2.20. The van der Waals surface area contributed by atoms with Crippen LogP contribution in [0.25, 0.3) is 0 Å². The zero-order chi connectivity index (χ0) is 12.6. The smallest absolute Gasteiger partial charge is 0.302 e. The Morgan fingerprint density at radius 3 is 2.19 bits per heavy atom. The summed E-state index contributed by atoms with van der Waals surface area (Å²) in [6.45, 7) is 4.58. The van der Waals surface area contributed by atoms with E-state index in [-0.39, 0.29) is 5.56 Å². The number of aryl methyl sites for hydroxylation is 1. The van der Waals surface area contributed by atoms with E-state index < -0.39 is 17.2 Å². The molecule has 0 heterocycles. The van der Waals surface area contributed by atoms with E-state index in [1.165, 1.54) is 13.0 Å². The largest absolute Gasteiger partial charge is 0.416 e. The molecule has 1 aromatic rings. The highest BCUT2D eigenvalue weighted by Gasteiger charge is 2.33. The molecule has 1 aromatic carbocycles. The molecular formula is C12H13F3O. The van der Waals surface area contributed by atoms with Crippen molar-refractivity contribution in [2.24, 2.45) is 0 Å². The number of carbonyl (C=O) groups is 1. The number of benzene rings is 1. The van der Waals surface area contributed by atoms with Crippen molar-refractivity contribution in [1.29, 1.82) is 0 Å². The topological polar surface area (TPSA) is 17.1 Å². The van der Waals surface area contributed by atoms with Crippen molar-refractivity contribution in [3.05, 3.63) is 34.9 Å². The second-order valence-electron chi connectivity index (χ2n) is 4.37. The highest BCUT2D eigenvalue weighted by molar-refractivity contribution is 5.67. The van der Waals surface area contributed by atoms with Gasteiger partial charge in [0.05, 0.1) is 5.56 Å². The van der Waals surface area contributed by atoms with E-state index >= 15 is 0 Å². The molecule has 0 radical (unpaired) electrons. The number of hydrogen-bond acceptors (Lipinski definition) is 1. The maximum absolute atomic E-state index is 12.6. The number of carbonyl (C=O) groups excluding carboxylic acids is 1. The van der Waals surface area contributed by atoms with Crippen LogP contribution in [0, 0.1) is 6.92 Å². The summed E-state index contributed by atoms with van der Waals surface area (Å²) in [5.74, 6) is 0. The van der Waals surface area contributed by atoms with Crippen LogP contribution in [0.1, 0.15) is 30.5 Å². The van der Waals surface area contributed by atoms with Crippen LogP contribution < -0.4 is 0 Å². The molecule has 0 aromatic heterocycles. The molecule has 0 aliphatic carbocycles. The third kappa shape index (κ3) is 2.43. The molecule has 1 nitrogen and oxygen atoms in total. The van der Waals surface area contributed by atoms with Gasteiger partial charge in [0.15, 0.2) is 0 Å². The number of hydrogen-bond donors (Lipinski definition) is 0. The number of aldehydes is 1. The zero-order valence-electron chi connectivity index (χ0n) is 9.35. The van der Waals surface area contributed by atoms with Gasteiger partial charge >= 0.3 is 6.18 Å². The summed E-state index contributed by atoms with van der Waals surface area (Å²) < 4.78 is 37.9. The molecule has 1 rings (SSSR count). The van der Waals surface area contributed by atoms with Gasteiger partial charge in [-0.25, -0.2) is 0 Å². The molecule has 0 spiro atoms. The van der Waals surface area contributed by atoms with Crippen molar-refractivity contribution in [3.8, 4) is 0 Å². The Morgan fingerprint density at radius 2 is 1.75 bits per heavy atom. The number of rotatable bonds is 2. The quantitative estimate of drug-likeness (QED) is 0.711. The van der Waals surface area contributed by atoms with Crippen LogP contribution >= 0.6 is 0 Å². The lowest BCUT2D eigenvalue weighted by atomic mass is 9.84. The van der Waals surface area contributed by atoms with E-state index in [0.29, 0.717) is 11.8 Å². The van der Waals surface area contributed by atoms with Crippen molar-refractivity contribution < 1.29 is 18.0 Å². The Labute approximate surface area is 92.3 Å². The minimum atomic E-state index is -4.38. The normalized spacial score (nSPS) is 12.6. The van der Waals surface area contributed by atoms with E-state index in [1.807, 2.05) is 0 Å².